The van der Waals surface area contributed by atoms with E-state index in [1.165, 1.54) is 57.8 Å². The minimum atomic E-state index is -0.416. The first kappa shape index (κ1) is 22.5. The molecule has 4 fully saturated rings. The number of aromatic nitrogens is 2. The third kappa shape index (κ3) is 3.73. The van der Waals surface area contributed by atoms with Gasteiger partial charge in [-0.3, -0.25) is 4.68 Å². The van der Waals surface area contributed by atoms with Gasteiger partial charge in [-0.05, 0) is 118 Å². The highest BCUT2D eigenvalue weighted by Gasteiger charge is 2.59. The molecule has 0 saturated heterocycles. The topological polar surface area (TPSA) is 61.8 Å². The second-order valence-electron chi connectivity index (χ2n) is 12.4. The van der Waals surface area contributed by atoms with E-state index in [9.17, 15) is 5.11 Å². The summed E-state index contributed by atoms with van der Waals surface area (Å²) in [5, 5.41) is 24.3. The van der Waals surface area contributed by atoms with Gasteiger partial charge in [-0.2, -0.15) is 10.4 Å². The summed E-state index contributed by atoms with van der Waals surface area (Å²) in [7, 11) is 0. The van der Waals surface area contributed by atoms with Crippen molar-refractivity contribution in [1.29, 1.82) is 5.26 Å². The van der Waals surface area contributed by atoms with E-state index in [-0.39, 0.29) is 0 Å². The van der Waals surface area contributed by atoms with Crippen molar-refractivity contribution in [3.8, 4) is 6.07 Å². The van der Waals surface area contributed by atoms with E-state index >= 15 is 0 Å². The van der Waals surface area contributed by atoms with E-state index in [4.69, 9.17) is 5.26 Å². The molecule has 1 N–H and O–H groups in total. The van der Waals surface area contributed by atoms with Crippen molar-refractivity contribution in [2.75, 3.05) is 0 Å². The first-order valence-corrected chi connectivity index (χ1v) is 13.5. The van der Waals surface area contributed by atoms with Gasteiger partial charge in [0.05, 0.1) is 17.4 Å². The Labute approximate surface area is 194 Å². The van der Waals surface area contributed by atoms with E-state index in [2.05, 4.69) is 31.9 Å². The van der Waals surface area contributed by atoms with Crippen LogP contribution >= 0.6 is 0 Å². The number of nitriles is 1. The molecule has 0 aromatic carbocycles. The number of aliphatic hydroxyl groups is 1. The van der Waals surface area contributed by atoms with Gasteiger partial charge in [0.25, 0.3) is 0 Å². The third-order valence-electron chi connectivity index (χ3n) is 10.7. The predicted molar refractivity (Wildman–Crippen MR) is 127 cm³/mol. The molecule has 9 atom stereocenters. The molecule has 4 aliphatic carbocycles. The monoisotopic (exact) mass is 437 g/mol. The van der Waals surface area contributed by atoms with E-state index in [0.29, 0.717) is 16.9 Å². The summed E-state index contributed by atoms with van der Waals surface area (Å²) >= 11 is 0. The fourth-order valence-electron chi connectivity index (χ4n) is 9.69. The molecule has 4 heteroatoms. The zero-order valence-electron chi connectivity index (χ0n) is 20.5. The van der Waals surface area contributed by atoms with Crippen LogP contribution in [-0.4, -0.2) is 20.5 Å². The summed E-state index contributed by atoms with van der Waals surface area (Å²) in [5.41, 5.74) is 0.780. The molecule has 0 radical (unpaired) electrons. The van der Waals surface area contributed by atoms with Gasteiger partial charge in [0.2, 0.25) is 0 Å². The molecule has 4 saturated carbocycles. The molecule has 1 aromatic rings. The fraction of sp³-hybridized carbons (Fsp3) is 0.857. The lowest BCUT2D eigenvalue weighted by Crippen LogP contribution is -2.51. The van der Waals surface area contributed by atoms with Crippen molar-refractivity contribution in [1.82, 2.24) is 9.78 Å². The van der Waals surface area contributed by atoms with E-state index in [1.807, 2.05) is 10.9 Å². The lowest BCUT2D eigenvalue weighted by atomic mass is 9.47. The maximum Gasteiger partial charge on any atom is 0.102 e. The van der Waals surface area contributed by atoms with Crippen LogP contribution in [-0.2, 0) is 6.54 Å². The van der Waals surface area contributed by atoms with Crippen LogP contribution in [0.1, 0.15) is 97.0 Å². The fourth-order valence-corrected chi connectivity index (χ4v) is 9.69. The molecular weight excluding hydrogens is 394 g/mol. The molecule has 1 heterocycles. The average molecular weight is 438 g/mol. The highest BCUT2D eigenvalue weighted by Crippen LogP contribution is 2.67. The molecular formula is C28H43N3O. The molecule has 0 unspecified atom stereocenters. The van der Waals surface area contributed by atoms with E-state index in [1.54, 1.807) is 6.20 Å². The number of fused-ring (bicyclic) bond motifs is 5. The van der Waals surface area contributed by atoms with Crippen LogP contribution in [0.3, 0.4) is 0 Å². The largest absolute Gasteiger partial charge is 0.390 e. The first-order chi connectivity index (χ1) is 15.4. The number of rotatable bonds is 5. The summed E-state index contributed by atoms with van der Waals surface area (Å²) in [6.45, 7) is 7.86. The van der Waals surface area contributed by atoms with Crippen molar-refractivity contribution in [2.24, 2.45) is 46.8 Å². The molecule has 0 bridgehead atoms. The maximum absolute atomic E-state index is 10.7. The van der Waals surface area contributed by atoms with Gasteiger partial charge in [-0.25, -0.2) is 0 Å². The molecule has 0 aliphatic heterocycles. The number of hydrogen-bond donors (Lipinski definition) is 1. The van der Waals surface area contributed by atoms with Gasteiger partial charge in [-0.1, -0.05) is 20.3 Å². The van der Waals surface area contributed by atoms with Gasteiger partial charge in [0.1, 0.15) is 6.07 Å². The second-order valence-corrected chi connectivity index (χ2v) is 12.4. The lowest BCUT2D eigenvalue weighted by Gasteiger charge is -2.58. The summed E-state index contributed by atoms with van der Waals surface area (Å²) in [6.07, 6.45) is 18.0. The standard InChI is InChI=1S/C28H43N3O/c1-4-11-28-13-10-23-22-9-12-27(3,32)14-21(22)5-6-24(23)26(28)8-7-25(28)19(2)17-31-18-20(15-29)16-30-31/h16,18-19,21-26,32H,4-14,17H2,1-3H3/t19-,21+,22-,23+,24+,25+,26-,27+,28+/m0/s1. The van der Waals surface area contributed by atoms with E-state index in [0.717, 1.165) is 54.9 Å². The predicted octanol–water partition coefficient (Wildman–Crippen LogP) is 6.19. The highest BCUT2D eigenvalue weighted by atomic mass is 16.3. The van der Waals surface area contributed by atoms with Gasteiger partial charge in [0, 0.05) is 12.7 Å². The molecule has 4 nitrogen and oxygen atoms in total. The van der Waals surface area contributed by atoms with Gasteiger partial charge < -0.3 is 5.11 Å². The van der Waals surface area contributed by atoms with Crippen LogP contribution in [0.4, 0.5) is 0 Å². The van der Waals surface area contributed by atoms with E-state index < -0.39 is 5.60 Å². The normalized spacial score (nSPS) is 44.2. The number of nitrogens with zero attached hydrogens (tertiary/aromatic N) is 3. The van der Waals surface area contributed by atoms with Crippen LogP contribution in [0.2, 0.25) is 0 Å². The van der Waals surface area contributed by atoms with Crippen molar-refractivity contribution >= 4 is 0 Å². The Morgan fingerprint density at radius 3 is 2.72 bits per heavy atom. The Hall–Kier alpha value is -1.34. The second kappa shape index (κ2) is 8.46. The Bertz CT molecular complexity index is 853. The summed E-state index contributed by atoms with van der Waals surface area (Å²) < 4.78 is 2.01. The first-order valence-electron chi connectivity index (χ1n) is 13.5. The smallest absolute Gasteiger partial charge is 0.102 e. The minimum Gasteiger partial charge on any atom is -0.390 e. The molecule has 0 amide bonds. The third-order valence-corrected chi connectivity index (χ3v) is 10.7. The van der Waals surface area contributed by atoms with Gasteiger partial charge in [0.15, 0.2) is 0 Å². The Balaban J connectivity index is 1.35. The quantitative estimate of drug-likeness (QED) is 0.597. The maximum atomic E-state index is 10.7. The molecule has 32 heavy (non-hydrogen) atoms. The van der Waals surface area contributed by atoms with Crippen molar-refractivity contribution in [3.05, 3.63) is 18.0 Å². The van der Waals surface area contributed by atoms with Crippen LogP contribution in [0.25, 0.3) is 0 Å². The summed E-state index contributed by atoms with van der Waals surface area (Å²) in [5.74, 6) is 5.78. The molecule has 176 valence electrons. The number of hydrogen-bond acceptors (Lipinski definition) is 3. The van der Waals surface area contributed by atoms with Crippen LogP contribution in [0.15, 0.2) is 12.4 Å². The average Bonchev–Trinajstić information content (AvgIpc) is 3.37. The Morgan fingerprint density at radius 2 is 1.97 bits per heavy atom. The molecule has 4 aliphatic rings. The SMILES string of the molecule is CCC[C@]12CC[C@H]3[C@@H](CC[C@@H]4C[C@](C)(O)CC[C@@H]43)[C@@H]1CC[C@@H]2[C@@H](C)Cn1cc(C#N)cn1. The minimum absolute atomic E-state index is 0.416. The van der Waals surface area contributed by atoms with Crippen LogP contribution in [0, 0.1) is 58.2 Å². The van der Waals surface area contributed by atoms with Crippen molar-refractivity contribution < 1.29 is 5.11 Å². The molecule has 1 aromatic heterocycles. The van der Waals surface area contributed by atoms with Crippen LogP contribution in [0.5, 0.6) is 0 Å². The molecule has 5 rings (SSSR count). The van der Waals surface area contributed by atoms with Crippen molar-refractivity contribution in [3.63, 3.8) is 0 Å². The zero-order valence-corrected chi connectivity index (χ0v) is 20.5. The van der Waals surface area contributed by atoms with Crippen LogP contribution < -0.4 is 0 Å². The van der Waals surface area contributed by atoms with Crippen molar-refractivity contribution in [2.45, 2.75) is 104 Å². The Morgan fingerprint density at radius 1 is 1.16 bits per heavy atom. The Kier molecular flexibility index (Phi) is 5.94. The summed E-state index contributed by atoms with van der Waals surface area (Å²) in [6, 6.07) is 2.22. The lowest BCUT2D eigenvalue weighted by molar-refractivity contribution is -0.110. The zero-order chi connectivity index (χ0) is 22.5. The van der Waals surface area contributed by atoms with Gasteiger partial charge >= 0.3 is 0 Å². The molecule has 0 spiro atoms. The summed E-state index contributed by atoms with van der Waals surface area (Å²) in [4.78, 5) is 0. The van der Waals surface area contributed by atoms with Gasteiger partial charge in [-0.15, -0.1) is 0 Å². The highest BCUT2D eigenvalue weighted by molar-refractivity contribution is 5.21.